The van der Waals surface area contributed by atoms with Gasteiger partial charge in [0.2, 0.25) is 0 Å². The normalized spacial score (nSPS) is 11.2. The summed E-state index contributed by atoms with van der Waals surface area (Å²) in [6, 6.07) is 24.4. The molecule has 6 rings (SSSR count). The molecule has 5 N–H and O–H groups in total. The molecule has 6 aromatic rings. The maximum Gasteiger partial charge on any atom is 0.324 e. The van der Waals surface area contributed by atoms with Gasteiger partial charge in [0.05, 0.1) is 11.2 Å². The first kappa shape index (κ1) is 20.0. The number of aromatic amines is 3. The molecule has 0 bridgehead atoms. The molecular formula is C26H21N8+. The van der Waals surface area contributed by atoms with E-state index >= 15 is 0 Å². The van der Waals surface area contributed by atoms with Gasteiger partial charge in [-0.25, -0.2) is 15.0 Å². The lowest BCUT2D eigenvalue weighted by Gasteiger charge is -2.13. The molecule has 8 heteroatoms. The van der Waals surface area contributed by atoms with Gasteiger partial charge in [-0.2, -0.15) is 5.10 Å². The highest BCUT2D eigenvalue weighted by atomic mass is 15.2. The molecule has 164 valence electrons. The van der Waals surface area contributed by atoms with Crippen molar-refractivity contribution in [3.63, 3.8) is 0 Å². The Balaban J connectivity index is 1.56. The fraction of sp³-hybridized carbons (Fsp3) is 0.0385. The molecule has 0 aliphatic carbocycles. The van der Waals surface area contributed by atoms with Gasteiger partial charge in [-0.05, 0) is 29.3 Å². The van der Waals surface area contributed by atoms with Crippen molar-refractivity contribution in [1.82, 2.24) is 30.4 Å². The van der Waals surface area contributed by atoms with Crippen molar-refractivity contribution in [2.75, 3.05) is 0 Å². The first-order valence-electron chi connectivity index (χ1n) is 10.9. The van der Waals surface area contributed by atoms with Gasteiger partial charge < -0.3 is 5.73 Å². The molecule has 0 unspecified atom stereocenters. The molecule has 0 radical (unpaired) electrons. The van der Waals surface area contributed by atoms with Crippen molar-refractivity contribution in [3.05, 3.63) is 90.8 Å². The number of pyridine rings is 2. The van der Waals surface area contributed by atoms with Crippen LogP contribution in [0.25, 0.3) is 56.3 Å². The molecule has 0 aliphatic heterocycles. The predicted octanol–water partition coefficient (Wildman–Crippen LogP) is 4.02. The summed E-state index contributed by atoms with van der Waals surface area (Å²) in [7, 11) is 0. The molecule has 34 heavy (non-hydrogen) atoms. The Bertz CT molecular complexity index is 1570. The summed E-state index contributed by atoms with van der Waals surface area (Å²) in [4.78, 5) is 13.0. The van der Waals surface area contributed by atoms with E-state index in [0.717, 1.165) is 50.2 Å². The quantitative estimate of drug-likeness (QED) is 0.370. The average Bonchev–Trinajstić information content (AvgIpc) is 3.61. The zero-order valence-electron chi connectivity index (χ0n) is 18.2. The van der Waals surface area contributed by atoms with Crippen LogP contribution in [-0.4, -0.2) is 30.4 Å². The minimum Gasteiger partial charge on any atom is -0.326 e. The molecule has 2 aromatic carbocycles. The van der Waals surface area contributed by atoms with E-state index < -0.39 is 0 Å². The summed E-state index contributed by atoms with van der Waals surface area (Å²) >= 11 is 0. The fourth-order valence-corrected chi connectivity index (χ4v) is 4.07. The number of hydrogen-bond acceptors (Lipinski definition) is 5. The van der Waals surface area contributed by atoms with Crippen LogP contribution in [0, 0.1) is 0 Å². The summed E-state index contributed by atoms with van der Waals surface area (Å²) in [6.07, 6.45) is 3.45. The molecule has 4 heterocycles. The van der Waals surface area contributed by atoms with Gasteiger partial charge in [0, 0.05) is 40.6 Å². The Morgan fingerprint density at radius 3 is 2.44 bits per heavy atom. The van der Waals surface area contributed by atoms with Crippen LogP contribution in [-0.2, 0) is 6.54 Å². The molecule has 8 nitrogen and oxygen atoms in total. The van der Waals surface area contributed by atoms with Gasteiger partial charge >= 0.3 is 5.82 Å². The second kappa shape index (κ2) is 8.34. The second-order valence-corrected chi connectivity index (χ2v) is 7.92. The zero-order valence-corrected chi connectivity index (χ0v) is 18.2. The van der Waals surface area contributed by atoms with Gasteiger partial charge in [-0.15, -0.1) is 5.10 Å². The van der Waals surface area contributed by atoms with Crippen molar-refractivity contribution >= 4 is 10.9 Å². The number of nitrogens with one attached hydrogen (secondary N) is 3. The van der Waals surface area contributed by atoms with Crippen LogP contribution >= 0.6 is 0 Å². The molecule has 0 atom stereocenters. The first-order valence-corrected chi connectivity index (χ1v) is 10.9. The molecule has 0 saturated carbocycles. The Kier molecular flexibility index (Phi) is 4.90. The Hall–Kier alpha value is -4.69. The Morgan fingerprint density at radius 1 is 0.824 bits per heavy atom. The zero-order chi connectivity index (χ0) is 22.9. The molecular weight excluding hydrogens is 424 g/mol. The summed E-state index contributed by atoms with van der Waals surface area (Å²) in [6.45, 7) is 0.507. The number of benzene rings is 2. The van der Waals surface area contributed by atoms with Gasteiger partial charge in [0.15, 0.2) is 0 Å². The summed E-state index contributed by atoms with van der Waals surface area (Å²) in [5, 5.41) is 15.3. The largest absolute Gasteiger partial charge is 0.326 e. The van der Waals surface area contributed by atoms with E-state index in [1.807, 2.05) is 42.5 Å². The number of nitrogens with zero attached hydrogens (tertiary/aromatic N) is 4. The maximum atomic E-state index is 5.80. The Labute approximate surface area is 194 Å². The number of hydrogen-bond donors (Lipinski definition) is 3. The van der Waals surface area contributed by atoms with E-state index in [4.69, 9.17) is 10.7 Å². The van der Waals surface area contributed by atoms with Crippen LogP contribution < -0.4 is 10.7 Å². The number of nitrogens with two attached hydrogens (primary N) is 1. The van der Waals surface area contributed by atoms with Crippen LogP contribution in [0.1, 0.15) is 5.56 Å². The van der Waals surface area contributed by atoms with Crippen molar-refractivity contribution in [3.8, 4) is 45.4 Å². The van der Waals surface area contributed by atoms with E-state index in [1.165, 1.54) is 0 Å². The van der Waals surface area contributed by atoms with E-state index in [2.05, 4.69) is 60.7 Å². The lowest BCUT2D eigenvalue weighted by Crippen LogP contribution is -2.07. The lowest BCUT2D eigenvalue weighted by molar-refractivity contribution is -0.351. The third-order valence-corrected chi connectivity index (χ3v) is 5.81. The van der Waals surface area contributed by atoms with Gasteiger partial charge in [-0.3, -0.25) is 5.10 Å². The topological polar surface area (TPSA) is 123 Å². The highest BCUT2D eigenvalue weighted by molar-refractivity contribution is 5.97. The molecule has 0 fully saturated rings. The van der Waals surface area contributed by atoms with Crippen molar-refractivity contribution in [2.24, 2.45) is 5.73 Å². The van der Waals surface area contributed by atoms with Crippen molar-refractivity contribution < 1.29 is 4.98 Å². The monoisotopic (exact) mass is 445 g/mol. The van der Waals surface area contributed by atoms with E-state index in [9.17, 15) is 0 Å². The fourth-order valence-electron chi connectivity index (χ4n) is 4.07. The molecule has 4 aromatic heterocycles. The summed E-state index contributed by atoms with van der Waals surface area (Å²) in [5.74, 6) is 1.34. The van der Waals surface area contributed by atoms with Crippen molar-refractivity contribution in [1.29, 1.82) is 0 Å². The third-order valence-electron chi connectivity index (χ3n) is 5.81. The van der Waals surface area contributed by atoms with Crippen LogP contribution in [0.3, 0.4) is 0 Å². The SMILES string of the molecule is NCc1ccc(-c2nc3ccnc(-c4[nH]nc(-c5ccn[nH]5)[nH+]4)c3cc2-c2ccccc2)cc1. The molecule has 0 saturated heterocycles. The number of rotatable bonds is 5. The molecule has 0 spiro atoms. The second-order valence-electron chi connectivity index (χ2n) is 7.92. The van der Waals surface area contributed by atoms with Crippen LogP contribution in [0.4, 0.5) is 0 Å². The highest BCUT2D eigenvalue weighted by Crippen LogP contribution is 2.35. The summed E-state index contributed by atoms with van der Waals surface area (Å²) in [5.41, 5.74) is 13.3. The lowest BCUT2D eigenvalue weighted by atomic mass is 9.96. The van der Waals surface area contributed by atoms with Crippen LogP contribution in [0.2, 0.25) is 0 Å². The van der Waals surface area contributed by atoms with E-state index in [0.29, 0.717) is 18.2 Å². The maximum absolute atomic E-state index is 5.80. The van der Waals surface area contributed by atoms with Crippen molar-refractivity contribution in [2.45, 2.75) is 6.54 Å². The van der Waals surface area contributed by atoms with E-state index in [1.54, 1.807) is 12.4 Å². The number of H-pyrrole nitrogens is 3. The summed E-state index contributed by atoms with van der Waals surface area (Å²) < 4.78 is 0. The van der Waals surface area contributed by atoms with Crippen LogP contribution in [0.5, 0.6) is 0 Å². The minimum absolute atomic E-state index is 0.507. The minimum atomic E-state index is 0.507. The molecule has 0 aliphatic rings. The standard InChI is InChI=1S/C26H20N8/c27-15-16-6-8-18(9-7-16)23-19(17-4-2-1-3-5-17)14-20-21(30-23)10-12-28-24(20)26-31-25(33-34-26)22-11-13-29-32-22/h1-14H,15,27H2,(H,29,32)(H,31,33,34)/p+1. The number of fused-ring (bicyclic) bond motifs is 1. The smallest absolute Gasteiger partial charge is 0.324 e. The highest BCUT2D eigenvalue weighted by Gasteiger charge is 2.21. The third kappa shape index (κ3) is 3.52. The number of aromatic nitrogens is 7. The van der Waals surface area contributed by atoms with Gasteiger partial charge in [0.25, 0.3) is 5.82 Å². The Morgan fingerprint density at radius 2 is 1.68 bits per heavy atom. The first-order chi connectivity index (χ1) is 16.8. The van der Waals surface area contributed by atoms with Crippen LogP contribution in [0.15, 0.2) is 85.2 Å². The predicted molar refractivity (Wildman–Crippen MR) is 130 cm³/mol. The van der Waals surface area contributed by atoms with Gasteiger partial charge in [0.1, 0.15) is 11.4 Å². The van der Waals surface area contributed by atoms with Gasteiger partial charge in [-0.1, -0.05) is 54.6 Å². The van der Waals surface area contributed by atoms with E-state index in [-0.39, 0.29) is 0 Å². The average molecular weight is 446 g/mol. The molecule has 0 amide bonds.